The van der Waals surface area contributed by atoms with Gasteiger partial charge in [0.25, 0.3) is 0 Å². The highest BCUT2D eigenvalue weighted by atomic mass is 19.1. The molecule has 2 fully saturated rings. The second-order valence-corrected chi connectivity index (χ2v) is 7.94. The van der Waals surface area contributed by atoms with Crippen molar-refractivity contribution >= 4 is 0 Å². The minimum absolute atomic E-state index is 0.145. The summed E-state index contributed by atoms with van der Waals surface area (Å²) < 4.78 is 16.0. The molecule has 4 nitrogen and oxygen atoms in total. The van der Waals surface area contributed by atoms with Gasteiger partial charge in [0.05, 0.1) is 6.54 Å². The van der Waals surface area contributed by atoms with E-state index in [9.17, 15) is 4.39 Å². The lowest BCUT2D eigenvalue weighted by Crippen LogP contribution is -2.36. The lowest BCUT2D eigenvalue weighted by molar-refractivity contribution is 0.182. The highest BCUT2D eigenvalue weighted by Gasteiger charge is 2.56. The number of imidazole rings is 1. The summed E-state index contributed by atoms with van der Waals surface area (Å²) in [5.74, 6) is 0.963. The van der Waals surface area contributed by atoms with Crippen molar-refractivity contribution < 1.29 is 4.39 Å². The molecule has 0 radical (unpaired) electrons. The van der Waals surface area contributed by atoms with E-state index in [-0.39, 0.29) is 5.82 Å². The third-order valence-electron chi connectivity index (χ3n) is 6.36. The maximum atomic E-state index is 13.8. The van der Waals surface area contributed by atoms with Crippen molar-refractivity contribution in [1.82, 2.24) is 19.8 Å². The first kappa shape index (κ1) is 17.7. The summed E-state index contributed by atoms with van der Waals surface area (Å²) >= 11 is 0. The molecule has 1 spiro atoms. The van der Waals surface area contributed by atoms with Crippen LogP contribution in [0.25, 0.3) is 0 Å². The van der Waals surface area contributed by atoms with E-state index in [1.807, 2.05) is 18.5 Å². The fourth-order valence-electron chi connectivity index (χ4n) is 4.57. The molecule has 1 aromatic carbocycles. The van der Waals surface area contributed by atoms with Crippen molar-refractivity contribution in [2.75, 3.05) is 13.1 Å². The summed E-state index contributed by atoms with van der Waals surface area (Å²) in [5.41, 5.74) is 2.71. The average Bonchev–Trinajstić information content (AvgIpc) is 3.13. The third kappa shape index (κ3) is 3.42. The number of hydrogen-bond acceptors (Lipinski definition) is 3. The molecule has 1 saturated carbocycles. The normalized spacial score (nSPS) is 21.5. The Morgan fingerprint density at radius 2 is 2.12 bits per heavy atom. The van der Waals surface area contributed by atoms with Gasteiger partial charge < -0.3 is 9.88 Å². The third-order valence-corrected chi connectivity index (χ3v) is 6.36. The molecule has 1 saturated heterocycles. The Hall–Kier alpha value is -1.72. The fraction of sp³-hybridized carbons (Fsp3) is 0.571. The first-order valence-corrected chi connectivity index (χ1v) is 9.81. The molecule has 1 aromatic heterocycles. The largest absolute Gasteiger partial charge is 0.334 e. The van der Waals surface area contributed by atoms with E-state index >= 15 is 0 Å². The van der Waals surface area contributed by atoms with E-state index in [0.717, 1.165) is 49.7 Å². The van der Waals surface area contributed by atoms with Crippen molar-refractivity contribution in [2.45, 2.75) is 58.8 Å². The summed E-state index contributed by atoms with van der Waals surface area (Å²) in [5, 5.41) is 3.49. The second kappa shape index (κ2) is 7.12. The topological polar surface area (TPSA) is 33.1 Å². The minimum Gasteiger partial charge on any atom is -0.334 e. The van der Waals surface area contributed by atoms with Gasteiger partial charge in [0.1, 0.15) is 11.6 Å². The first-order valence-electron chi connectivity index (χ1n) is 9.81. The Kier molecular flexibility index (Phi) is 4.84. The van der Waals surface area contributed by atoms with E-state index in [0.29, 0.717) is 11.5 Å². The van der Waals surface area contributed by atoms with Crippen LogP contribution >= 0.6 is 0 Å². The van der Waals surface area contributed by atoms with Crippen LogP contribution in [0.3, 0.4) is 0 Å². The number of aromatic nitrogens is 2. The Labute approximate surface area is 155 Å². The Morgan fingerprint density at radius 3 is 2.88 bits per heavy atom. The molecular formula is C21H29FN4. The van der Waals surface area contributed by atoms with Crippen LogP contribution in [-0.2, 0) is 19.6 Å². The van der Waals surface area contributed by atoms with Crippen LogP contribution in [-0.4, -0.2) is 33.6 Å². The summed E-state index contributed by atoms with van der Waals surface area (Å²) in [6.45, 7) is 9.02. The molecule has 26 heavy (non-hydrogen) atoms. The number of rotatable bonds is 6. The zero-order chi connectivity index (χ0) is 18.1. The van der Waals surface area contributed by atoms with Gasteiger partial charge in [-0.2, -0.15) is 0 Å². The monoisotopic (exact) mass is 356 g/mol. The number of piperidine rings is 1. The average molecular weight is 356 g/mol. The summed E-state index contributed by atoms with van der Waals surface area (Å²) in [7, 11) is 0. The zero-order valence-corrected chi connectivity index (χ0v) is 15.8. The maximum absolute atomic E-state index is 13.8. The van der Waals surface area contributed by atoms with E-state index in [1.54, 1.807) is 12.1 Å². The van der Waals surface area contributed by atoms with E-state index in [2.05, 4.69) is 33.6 Å². The zero-order valence-electron chi connectivity index (χ0n) is 15.8. The smallest absolute Gasteiger partial charge is 0.123 e. The van der Waals surface area contributed by atoms with E-state index < -0.39 is 0 Å². The van der Waals surface area contributed by atoms with Gasteiger partial charge in [-0.25, -0.2) is 9.37 Å². The van der Waals surface area contributed by atoms with Crippen LogP contribution in [0.5, 0.6) is 0 Å². The Bertz CT molecular complexity index is 763. The SMILES string of the molecule is CCn1ccnc1CN(Cc1cc(F)ccc1C)C1CC12CCNCC2. The molecule has 5 heteroatoms. The first-order chi connectivity index (χ1) is 12.6. The van der Waals surface area contributed by atoms with Crippen LogP contribution < -0.4 is 5.32 Å². The van der Waals surface area contributed by atoms with Gasteiger partial charge in [-0.1, -0.05) is 6.07 Å². The quantitative estimate of drug-likeness (QED) is 0.860. The van der Waals surface area contributed by atoms with Crippen molar-refractivity contribution in [2.24, 2.45) is 5.41 Å². The predicted octanol–water partition coefficient (Wildman–Crippen LogP) is 3.49. The second-order valence-electron chi connectivity index (χ2n) is 7.94. The fourth-order valence-corrected chi connectivity index (χ4v) is 4.57. The Balaban J connectivity index is 1.58. The maximum Gasteiger partial charge on any atom is 0.123 e. The number of aryl methyl sites for hydroxylation is 2. The summed E-state index contributed by atoms with van der Waals surface area (Å²) in [6, 6.07) is 5.72. The molecule has 2 heterocycles. The van der Waals surface area contributed by atoms with Crippen molar-refractivity contribution in [3.63, 3.8) is 0 Å². The summed E-state index contributed by atoms with van der Waals surface area (Å²) in [4.78, 5) is 7.13. The van der Waals surface area contributed by atoms with Gasteiger partial charge in [-0.05, 0) is 74.9 Å². The molecule has 1 atom stereocenters. The van der Waals surface area contributed by atoms with Gasteiger partial charge in [0, 0.05) is 31.5 Å². The van der Waals surface area contributed by atoms with Crippen LogP contribution in [0, 0.1) is 18.2 Å². The van der Waals surface area contributed by atoms with Crippen LogP contribution in [0.1, 0.15) is 43.1 Å². The number of hydrogen-bond donors (Lipinski definition) is 1. The van der Waals surface area contributed by atoms with Crippen LogP contribution in [0.15, 0.2) is 30.6 Å². The molecule has 1 aliphatic carbocycles. The van der Waals surface area contributed by atoms with Crippen molar-refractivity contribution in [3.05, 3.63) is 53.4 Å². The van der Waals surface area contributed by atoms with Crippen molar-refractivity contribution in [1.29, 1.82) is 0 Å². The number of halogens is 1. The predicted molar refractivity (Wildman–Crippen MR) is 101 cm³/mol. The molecule has 1 N–H and O–H groups in total. The lowest BCUT2D eigenvalue weighted by Gasteiger charge is -2.30. The van der Waals surface area contributed by atoms with Crippen molar-refractivity contribution in [3.8, 4) is 0 Å². The molecule has 1 unspecified atom stereocenters. The molecule has 0 bridgehead atoms. The summed E-state index contributed by atoms with van der Waals surface area (Å²) in [6.07, 6.45) is 7.69. The number of nitrogens with one attached hydrogen (secondary N) is 1. The van der Waals surface area contributed by atoms with Gasteiger partial charge in [0.15, 0.2) is 0 Å². The van der Waals surface area contributed by atoms with E-state index in [4.69, 9.17) is 0 Å². The molecular weight excluding hydrogens is 327 g/mol. The van der Waals surface area contributed by atoms with Gasteiger partial charge in [-0.3, -0.25) is 4.90 Å². The highest BCUT2D eigenvalue weighted by molar-refractivity contribution is 5.27. The molecule has 2 aliphatic rings. The molecule has 0 amide bonds. The molecule has 1 aliphatic heterocycles. The number of benzene rings is 1. The van der Waals surface area contributed by atoms with Crippen LogP contribution in [0.4, 0.5) is 4.39 Å². The minimum atomic E-state index is -0.145. The highest BCUT2D eigenvalue weighted by Crippen LogP contribution is 2.56. The van der Waals surface area contributed by atoms with Gasteiger partial charge in [-0.15, -0.1) is 0 Å². The molecule has 140 valence electrons. The standard InChI is InChI=1S/C21H29FN4/c1-3-25-11-10-24-20(25)15-26(14-17-12-18(22)5-4-16(17)2)19-13-21(19)6-8-23-9-7-21/h4-5,10-12,19,23H,3,6-9,13-15H2,1-2H3. The molecule has 4 rings (SSSR count). The van der Waals surface area contributed by atoms with Gasteiger partial charge in [0.2, 0.25) is 0 Å². The van der Waals surface area contributed by atoms with Gasteiger partial charge >= 0.3 is 0 Å². The van der Waals surface area contributed by atoms with Crippen LogP contribution in [0.2, 0.25) is 0 Å². The lowest BCUT2D eigenvalue weighted by atomic mass is 9.93. The van der Waals surface area contributed by atoms with E-state index in [1.165, 1.54) is 19.3 Å². The number of nitrogens with zero attached hydrogens (tertiary/aromatic N) is 3. The Morgan fingerprint density at radius 1 is 1.31 bits per heavy atom. The molecule has 2 aromatic rings.